The fourth-order valence-electron chi connectivity index (χ4n) is 2.30. The number of benzene rings is 3. The second kappa shape index (κ2) is 7.21. The van der Waals surface area contributed by atoms with E-state index in [1.165, 1.54) is 0 Å². The quantitative estimate of drug-likeness (QED) is 0.410. The summed E-state index contributed by atoms with van der Waals surface area (Å²) < 4.78 is 1.03. The maximum absolute atomic E-state index is 12.2. The second-order valence-corrected chi connectivity index (χ2v) is 6.11. The molecule has 0 saturated carbocycles. The highest BCUT2D eigenvalue weighted by Crippen LogP contribution is 2.19. The van der Waals surface area contributed by atoms with Gasteiger partial charge in [-0.25, -0.2) is 0 Å². The van der Waals surface area contributed by atoms with Crippen molar-refractivity contribution in [2.75, 3.05) is 0 Å². The third-order valence-electron chi connectivity index (χ3n) is 3.57. The van der Waals surface area contributed by atoms with Gasteiger partial charge in [-0.2, -0.15) is 0 Å². The zero-order valence-electron chi connectivity index (χ0n) is 12.4. The number of hydrogen-bond acceptors (Lipinski definition) is 1. The van der Waals surface area contributed by atoms with Gasteiger partial charge in [-0.3, -0.25) is 4.79 Å². The predicted molar refractivity (Wildman–Crippen MR) is 99.4 cm³/mol. The first-order chi connectivity index (χ1) is 11.2. The van der Waals surface area contributed by atoms with Gasteiger partial charge in [0.1, 0.15) is 0 Å². The van der Waals surface area contributed by atoms with E-state index in [0.717, 1.165) is 21.2 Å². The van der Waals surface area contributed by atoms with E-state index in [-0.39, 0.29) is 5.78 Å². The van der Waals surface area contributed by atoms with Crippen LogP contribution in [0.3, 0.4) is 0 Å². The predicted octanol–water partition coefficient (Wildman–Crippen LogP) is 6.01. The van der Waals surface area contributed by atoms with Crippen LogP contribution in [0.15, 0.2) is 89.4 Å². The van der Waals surface area contributed by atoms with E-state index in [4.69, 9.17) is 0 Å². The van der Waals surface area contributed by atoms with E-state index in [1.54, 1.807) is 6.08 Å². The molecular formula is C21H15BrO. The summed E-state index contributed by atoms with van der Waals surface area (Å²) in [5.74, 6) is 0.00697. The van der Waals surface area contributed by atoms with Crippen molar-refractivity contribution < 1.29 is 4.79 Å². The number of halogens is 1. The van der Waals surface area contributed by atoms with Crippen molar-refractivity contribution in [2.45, 2.75) is 0 Å². The van der Waals surface area contributed by atoms with Crippen molar-refractivity contribution in [3.8, 4) is 11.1 Å². The van der Waals surface area contributed by atoms with Gasteiger partial charge in [-0.1, -0.05) is 88.7 Å². The lowest BCUT2D eigenvalue weighted by Gasteiger charge is -2.02. The topological polar surface area (TPSA) is 17.1 Å². The molecule has 112 valence electrons. The Morgan fingerprint density at radius 3 is 2.00 bits per heavy atom. The number of carbonyl (C=O) groups excluding carboxylic acids is 1. The van der Waals surface area contributed by atoms with Crippen LogP contribution >= 0.6 is 15.9 Å². The smallest absolute Gasteiger partial charge is 0.185 e. The summed E-state index contributed by atoms with van der Waals surface area (Å²) in [5.41, 5.74) is 3.96. The van der Waals surface area contributed by atoms with Crippen LogP contribution in [0, 0.1) is 0 Å². The van der Waals surface area contributed by atoms with Gasteiger partial charge in [0, 0.05) is 10.0 Å². The van der Waals surface area contributed by atoms with Gasteiger partial charge in [-0.05, 0) is 34.9 Å². The average molecular weight is 363 g/mol. The minimum atomic E-state index is 0.00697. The first-order valence-electron chi connectivity index (χ1n) is 7.36. The third kappa shape index (κ3) is 4.05. The Hall–Kier alpha value is -2.45. The highest BCUT2D eigenvalue weighted by molar-refractivity contribution is 9.10. The minimum Gasteiger partial charge on any atom is -0.289 e. The molecule has 0 spiro atoms. The molecule has 0 atom stereocenters. The van der Waals surface area contributed by atoms with Crippen molar-refractivity contribution in [3.05, 3.63) is 101 Å². The van der Waals surface area contributed by atoms with Crippen LogP contribution in [0.2, 0.25) is 0 Å². The molecule has 0 aromatic heterocycles. The van der Waals surface area contributed by atoms with Crippen molar-refractivity contribution >= 4 is 27.8 Å². The van der Waals surface area contributed by atoms with Gasteiger partial charge < -0.3 is 0 Å². The molecule has 0 bridgehead atoms. The third-order valence-corrected chi connectivity index (χ3v) is 4.10. The van der Waals surface area contributed by atoms with Crippen LogP contribution in [0.4, 0.5) is 0 Å². The first-order valence-corrected chi connectivity index (χ1v) is 8.15. The Labute approximate surface area is 144 Å². The van der Waals surface area contributed by atoms with Gasteiger partial charge >= 0.3 is 0 Å². The van der Waals surface area contributed by atoms with Gasteiger partial charge in [0.25, 0.3) is 0 Å². The van der Waals surface area contributed by atoms with E-state index < -0.39 is 0 Å². The van der Waals surface area contributed by atoms with Crippen LogP contribution in [-0.4, -0.2) is 5.78 Å². The summed E-state index contributed by atoms with van der Waals surface area (Å²) in [5, 5.41) is 0. The van der Waals surface area contributed by atoms with E-state index in [9.17, 15) is 4.79 Å². The zero-order valence-corrected chi connectivity index (χ0v) is 14.0. The molecule has 0 aliphatic rings. The van der Waals surface area contributed by atoms with E-state index in [1.807, 2.05) is 72.8 Å². The normalized spacial score (nSPS) is 10.8. The van der Waals surface area contributed by atoms with Gasteiger partial charge in [-0.15, -0.1) is 0 Å². The lowest BCUT2D eigenvalue weighted by molar-refractivity contribution is 0.104. The zero-order chi connectivity index (χ0) is 16.1. The Bertz CT molecular complexity index is 816. The Morgan fingerprint density at radius 1 is 0.739 bits per heavy atom. The monoisotopic (exact) mass is 362 g/mol. The molecule has 2 heteroatoms. The number of rotatable bonds is 4. The fourth-order valence-corrected chi connectivity index (χ4v) is 2.56. The second-order valence-electron chi connectivity index (χ2n) is 5.19. The molecule has 3 rings (SSSR count). The Morgan fingerprint density at radius 2 is 1.35 bits per heavy atom. The maximum atomic E-state index is 12.2. The molecule has 0 amide bonds. The van der Waals surface area contributed by atoms with Crippen LogP contribution < -0.4 is 0 Å². The summed E-state index contributed by atoms with van der Waals surface area (Å²) in [7, 11) is 0. The lowest BCUT2D eigenvalue weighted by Crippen LogP contribution is -1.93. The molecule has 0 aliphatic carbocycles. The Kier molecular flexibility index (Phi) is 4.84. The molecule has 0 heterocycles. The summed E-state index contributed by atoms with van der Waals surface area (Å²) in [6.45, 7) is 0. The van der Waals surface area contributed by atoms with Crippen molar-refractivity contribution in [1.82, 2.24) is 0 Å². The number of carbonyl (C=O) groups is 1. The molecule has 0 aliphatic heterocycles. The molecule has 3 aromatic carbocycles. The highest BCUT2D eigenvalue weighted by Gasteiger charge is 2.03. The molecule has 0 unspecified atom stereocenters. The summed E-state index contributed by atoms with van der Waals surface area (Å²) in [6, 6.07) is 25.7. The first kappa shape index (κ1) is 15.4. The SMILES string of the molecule is O=C(C=Cc1ccc(Br)cc1)c1ccc(-c2ccccc2)cc1. The largest absolute Gasteiger partial charge is 0.289 e. The molecule has 0 saturated heterocycles. The number of ketones is 1. The molecule has 0 fully saturated rings. The lowest BCUT2D eigenvalue weighted by atomic mass is 10.0. The van der Waals surface area contributed by atoms with E-state index in [2.05, 4.69) is 28.1 Å². The van der Waals surface area contributed by atoms with Crippen molar-refractivity contribution in [3.63, 3.8) is 0 Å². The molecular weight excluding hydrogens is 348 g/mol. The summed E-state index contributed by atoms with van der Waals surface area (Å²) in [4.78, 5) is 12.2. The molecule has 1 nitrogen and oxygen atoms in total. The average Bonchev–Trinajstić information content (AvgIpc) is 2.62. The van der Waals surface area contributed by atoms with E-state index in [0.29, 0.717) is 5.56 Å². The van der Waals surface area contributed by atoms with Crippen LogP contribution in [0.1, 0.15) is 15.9 Å². The molecule has 0 radical (unpaired) electrons. The van der Waals surface area contributed by atoms with Gasteiger partial charge in [0.15, 0.2) is 5.78 Å². The van der Waals surface area contributed by atoms with E-state index >= 15 is 0 Å². The van der Waals surface area contributed by atoms with Gasteiger partial charge in [0.2, 0.25) is 0 Å². The number of allylic oxidation sites excluding steroid dienone is 1. The minimum absolute atomic E-state index is 0.00697. The summed E-state index contributed by atoms with van der Waals surface area (Å²) >= 11 is 3.40. The molecule has 3 aromatic rings. The molecule has 23 heavy (non-hydrogen) atoms. The standard InChI is InChI=1S/C21H15BrO/c22-20-13-6-16(7-14-20)8-15-21(23)19-11-9-18(10-12-19)17-4-2-1-3-5-17/h1-15H. The van der Waals surface area contributed by atoms with Crippen molar-refractivity contribution in [1.29, 1.82) is 0 Å². The van der Waals surface area contributed by atoms with Gasteiger partial charge in [0.05, 0.1) is 0 Å². The maximum Gasteiger partial charge on any atom is 0.185 e. The summed E-state index contributed by atoms with van der Waals surface area (Å²) in [6.07, 6.45) is 3.45. The Balaban J connectivity index is 1.74. The number of hydrogen-bond donors (Lipinski definition) is 0. The fraction of sp³-hybridized carbons (Fsp3) is 0. The van der Waals surface area contributed by atoms with Crippen molar-refractivity contribution in [2.24, 2.45) is 0 Å². The van der Waals surface area contributed by atoms with Crippen LogP contribution in [0.5, 0.6) is 0 Å². The van der Waals surface area contributed by atoms with Crippen LogP contribution in [0.25, 0.3) is 17.2 Å². The highest BCUT2D eigenvalue weighted by atomic mass is 79.9. The van der Waals surface area contributed by atoms with Crippen LogP contribution in [-0.2, 0) is 0 Å². The molecule has 0 N–H and O–H groups in total.